The van der Waals surface area contributed by atoms with Crippen molar-refractivity contribution in [2.24, 2.45) is 5.92 Å². The molecule has 2 unspecified atom stereocenters. The molecule has 98 valence electrons. The van der Waals surface area contributed by atoms with Crippen molar-refractivity contribution in [2.45, 2.75) is 45.7 Å². The van der Waals surface area contributed by atoms with Gasteiger partial charge in [-0.05, 0) is 56.2 Å². The number of carbonyl (C=O) groups is 1. The molecule has 2 atom stereocenters. The number of nitrogens with one attached hydrogen (secondary N) is 1. The van der Waals surface area contributed by atoms with E-state index in [0.29, 0.717) is 5.92 Å². The van der Waals surface area contributed by atoms with Gasteiger partial charge in [0.25, 0.3) is 0 Å². The summed E-state index contributed by atoms with van der Waals surface area (Å²) < 4.78 is 0. The standard InChI is InChI=1S/C15H21NO2/c1-9-4-5-13(8-10(9)2)11(3)16-14(15(17)18)12-6-7-12/h4-5,8,11-12,14,16H,6-7H2,1-3H3,(H,17,18). The molecular formula is C15H21NO2. The summed E-state index contributed by atoms with van der Waals surface area (Å²) in [6.07, 6.45) is 2.06. The topological polar surface area (TPSA) is 49.3 Å². The molecule has 0 spiro atoms. The zero-order chi connectivity index (χ0) is 13.3. The molecule has 18 heavy (non-hydrogen) atoms. The lowest BCUT2D eigenvalue weighted by molar-refractivity contribution is -0.140. The quantitative estimate of drug-likeness (QED) is 0.841. The summed E-state index contributed by atoms with van der Waals surface area (Å²) in [5.41, 5.74) is 3.67. The van der Waals surface area contributed by atoms with Crippen LogP contribution in [0.15, 0.2) is 18.2 Å². The highest BCUT2D eigenvalue weighted by atomic mass is 16.4. The molecule has 0 aliphatic heterocycles. The predicted molar refractivity (Wildman–Crippen MR) is 71.6 cm³/mol. The van der Waals surface area contributed by atoms with Crippen LogP contribution in [0.25, 0.3) is 0 Å². The second-order valence-electron chi connectivity index (χ2n) is 5.39. The summed E-state index contributed by atoms with van der Waals surface area (Å²) in [4.78, 5) is 11.2. The van der Waals surface area contributed by atoms with Gasteiger partial charge in [-0.3, -0.25) is 10.1 Å². The Labute approximate surface area is 108 Å². The molecule has 1 aliphatic carbocycles. The van der Waals surface area contributed by atoms with E-state index in [4.69, 9.17) is 0 Å². The number of rotatable bonds is 5. The second-order valence-corrected chi connectivity index (χ2v) is 5.39. The van der Waals surface area contributed by atoms with Crippen molar-refractivity contribution in [3.63, 3.8) is 0 Å². The molecule has 2 rings (SSSR count). The van der Waals surface area contributed by atoms with Crippen LogP contribution in [-0.2, 0) is 4.79 Å². The van der Waals surface area contributed by atoms with Crippen molar-refractivity contribution in [1.82, 2.24) is 5.32 Å². The molecule has 0 aromatic heterocycles. The van der Waals surface area contributed by atoms with E-state index in [9.17, 15) is 9.90 Å². The average molecular weight is 247 g/mol. The molecule has 1 aliphatic rings. The lowest BCUT2D eigenvalue weighted by Gasteiger charge is -2.21. The smallest absolute Gasteiger partial charge is 0.320 e. The number of hydrogen-bond acceptors (Lipinski definition) is 2. The summed E-state index contributed by atoms with van der Waals surface area (Å²) in [6, 6.07) is 5.98. The van der Waals surface area contributed by atoms with Gasteiger partial charge < -0.3 is 5.11 Å². The Morgan fingerprint density at radius 3 is 2.50 bits per heavy atom. The van der Waals surface area contributed by atoms with Crippen LogP contribution in [0.5, 0.6) is 0 Å². The van der Waals surface area contributed by atoms with Crippen LogP contribution in [-0.4, -0.2) is 17.1 Å². The van der Waals surface area contributed by atoms with Gasteiger partial charge in [-0.15, -0.1) is 0 Å². The number of carboxylic acid groups (broad SMARTS) is 1. The summed E-state index contributed by atoms with van der Waals surface area (Å²) >= 11 is 0. The van der Waals surface area contributed by atoms with E-state index in [1.807, 2.05) is 6.92 Å². The van der Waals surface area contributed by atoms with E-state index in [1.54, 1.807) is 0 Å². The third kappa shape index (κ3) is 2.91. The maximum absolute atomic E-state index is 11.2. The van der Waals surface area contributed by atoms with Gasteiger partial charge in [-0.25, -0.2) is 0 Å². The van der Waals surface area contributed by atoms with E-state index in [-0.39, 0.29) is 6.04 Å². The van der Waals surface area contributed by atoms with Crippen molar-refractivity contribution >= 4 is 5.97 Å². The zero-order valence-corrected chi connectivity index (χ0v) is 11.2. The van der Waals surface area contributed by atoms with Gasteiger partial charge in [0.2, 0.25) is 0 Å². The van der Waals surface area contributed by atoms with Crippen LogP contribution in [0, 0.1) is 19.8 Å². The van der Waals surface area contributed by atoms with Crippen LogP contribution in [0.3, 0.4) is 0 Å². The predicted octanol–water partition coefficient (Wildman–Crippen LogP) is 2.82. The van der Waals surface area contributed by atoms with Gasteiger partial charge in [-0.2, -0.15) is 0 Å². The lowest BCUT2D eigenvalue weighted by atomic mass is 10.0. The summed E-state index contributed by atoms with van der Waals surface area (Å²) in [5, 5.41) is 12.5. The number of benzene rings is 1. The number of carboxylic acids is 1. The van der Waals surface area contributed by atoms with Crippen molar-refractivity contribution in [3.8, 4) is 0 Å². The van der Waals surface area contributed by atoms with Crippen LogP contribution in [0.1, 0.15) is 42.5 Å². The van der Waals surface area contributed by atoms with Gasteiger partial charge in [0.15, 0.2) is 0 Å². The molecule has 0 saturated heterocycles. The molecular weight excluding hydrogens is 226 g/mol. The molecule has 0 bridgehead atoms. The third-order valence-electron chi connectivity index (χ3n) is 3.82. The lowest BCUT2D eigenvalue weighted by Crippen LogP contribution is -2.40. The molecule has 2 N–H and O–H groups in total. The molecule has 1 aromatic rings. The number of aryl methyl sites for hydroxylation is 2. The Balaban J connectivity index is 2.08. The van der Waals surface area contributed by atoms with Crippen molar-refractivity contribution < 1.29 is 9.90 Å². The highest BCUT2D eigenvalue weighted by Gasteiger charge is 2.36. The van der Waals surface area contributed by atoms with E-state index >= 15 is 0 Å². The maximum Gasteiger partial charge on any atom is 0.320 e. The molecule has 1 aromatic carbocycles. The molecule has 0 amide bonds. The van der Waals surface area contributed by atoms with Gasteiger partial charge in [0, 0.05) is 6.04 Å². The minimum Gasteiger partial charge on any atom is -0.480 e. The summed E-state index contributed by atoms with van der Waals surface area (Å²) in [5.74, 6) is -0.412. The first-order chi connectivity index (χ1) is 8.49. The highest BCUT2D eigenvalue weighted by Crippen LogP contribution is 2.34. The molecule has 3 nitrogen and oxygen atoms in total. The van der Waals surface area contributed by atoms with Crippen LogP contribution in [0.4, 0.5) is 0 Å². The van der Waals surface area contributed by atoms with Gasteiger partial charge in [0.05, 0.1) is 0 Å². The number of aliphatic carboxylic acids is 1. The first-order valence-electron chi connectivity index (χ1n) is 6.55. The Morgan fingerprint density at radius 1 is 1.33 bits per heavy atom. The fraction of sp³-hybridized carbons (Fsp3) is 0.533. The van der Waals surface area contributed by atoms with Crippen molar-refractivity contribution in [3.05, 3.63) is 34.9 Å². The molecule has 0 heterocycles. The SMILES string of the molecule is Cc1ccc(C(C)NC(C(=O)O)C2CC2)cc1C. The Bertz CT molecular complexity index is 452. The van der Waals surface area contributed by atoms with E-state index in [2.05, 4.69) is 37.4 Å². The minimum atomic E-state index is -0.729. The van der Waals surface area contributed by atoms with Crippen LogP contribution >= 0.6 is 0 Å². The van der Waals surface area contributed by atoms with E-state index in [1.165, 1.54) is 11.1 Å². The summed E-state index contributed by atoms with van der Waals surface area (Å²) in [6.45, 7) is 6.20. The normalized spacial score (nSPS) is 18.4. The largest absolute Gasteiger partial charge is 0.480 e. The highest BCUT2D eigenvalue weighted by molar-refractivity contribution is 5.74. The van der Waals surface area contributed by atoms with E-state index < -0.39 is 12.0 Å². The van der Waals surface area contributed by atoms with E-state index in [0.717, 1.165) is 18.4 Å². The summed E-state index contributed by atoms with van der Waals surface area (Å²) in [7, 11) is 0. The third-order valence-corrected chi connectivity index (χ3v) is 3.82. The number of hydrogen-bond donors (Lipinski definition) is 2. The molecule has 1 saturated carbocycles. The average Bonchev–Trinajstić information content (AvgIpc) is 3.13. The molecule has 1 fully saturated rings. The first-order valence-corrected chi connectivity index (χ1v) is 6.55. The van der Waals surface area contributed by atoms with Gasteiger partial charge in [-0.1, -0.05) is 18.2 Å². The van der Waals surface area contributed by atoms with Crippen LogP contribution < -0.4 is 5.32 Å². The Kier molecular flexibility index (Phi) is 3.71. The fourth-order valence-electron chi connectivity index (χ4n) is 2.24. The Morgan fingerprint density at radius 2 is 2.00 bits per heavy atom. The zero-order valence-electron chi connectivity index (χ0n) is 11.2. The van der Waals surface area contributed by atoms with Gasteiger partial charge in [0.1, 0.15) is 6.04 Å². The first kappa shape index (κ1) is 13.1. The van der Waals surface area contributed by atoms with Crippen molar-refractivity contribution in [1.29, 1.82) is 0 Å². The van der Waals surface area contributed by atoms with Crippen LogP contribution in [0.2, 0.25) is 0 Å². The minimum absolute atomic E-state index is 0.0750. The monoisotopic (exact) mass is 247 g/mol. The Hall–Kier alpha value is -1.35. The second kappa shape index (κ2) is 5.11. The van der Waals surface area contributed by atoms with Crippen molar-refractivity contribution in [2.75, 3.05) is 0 Å². The molecule has 3 heteroatoms. The fourth-order valence-corrected chi connectivity index (χ4v) is 2.24. The molecule has 0 radical (unpaired) electrons. The van der Waals surface area contributed by atoms with Gasteiger partial charge >= 0.3 is 5.97 Å². The maximum atomic E-state index is 11.2.